The fourth-order valence-electron chi connectivity index (χ4n) is 4.03. The van der Waals surface area contributed by atoms with Crippen molar-refractivity contribution in [1.82, 2.24) is 19.9 Å². The molecule has 30 heavy (non-hydrogen) atoms. The molecule has 3 aromatic rings. The minimum Gasteiger partial charge on any atom is -0.480 e. The average Bonchev–Trinajstić information content (AvgIpc) is 3.19. The molecule has 1 fully saturated rings. The fraction of sp³-hybridized carbons (Fsp3) is 0.333. The predicted molar refractivity (Wildman–Crippen MR) is 107 cm³/mol. The van der Waals surface area contributed by atoms with Gasteiger partial charge < -0.3 is 14.6 Å². The first-order valence-electron chi connectivity index (χ1n) is 9.89. The molecule has 9 heteroatoms. The first-order valence-corrected chi connectivity index (χ1v) is 9.89. The van der Waals surface area contributed by atoms with Crippen molar-refractivity contribution in [2.24, 2.45) is 0 Å². The van der Waals surface area contributed by atoms with Gasteiger partial charge in [0.2, 0.25) is 5.91 Å². The van der Waals surface area contributed by atoms with Gasteiger partial charge in [0.25, 0.3) is 5.91 Å². The third-order valence-corrected chi connectivity index (χ3v) is 5.65. The van der Waals surface area contributed by atoms with E-state index in [-0.39, 0.29) is 36.7 Å². The van der Waals surface area contributed by atoms with E-state index in [0.29, 0.717) is 30.2 Å². The highest BCUT2D eigenvalue weighted by atomic mass is 19.1. The zero-order valence-electron chi connectivity index (χ0n) is 16.2. The fourth-order valence-corrected chi connectivity index (χ4v) is 4.03. The van der Waals surface area contributed by atoms with Gasteiger partial charge in [0, 0.05) is 25.2 Å². The number of hydrogen-bond donors (Lipinski definition) is 1. The lowest BCUT2D eigenvalue weighted by molar-refractivity contribution is -0.132. The van der Waals surface area contributed by atoms with Crippen LogP contribution in [0.1, 0.15) is 24.6 Å². The number of benzene rings is 1. The molecular formula is C21H20FN5O3. The predicted octanol–water partition coefficient (Wildman–Crippen LogP) is 2.23. The van der Waals surface area contributed by atoms with Crippen molar-refractivity contribution in [3.8, 4) is 5.75 Å². The minimum atomic E-state index is -0.299. The third kappa shape index (κ3) is 3.36. The summed E-state index contributed by atoms with van der Waals surface area (Å²) in [6, 6.07) is 7.96. The van der Waals surface area contributed by atoms with Crippen molar-refractivity contribution >= 4 is 28.7 Å². The number of imidazole rings is 1. The van der Waals surface area contributed by atoms with Crippen LogP contribution in [0.2, 0.25) is 0 Å². The first kappa shape index (κ1) is 18.5. The van der Waals surface area contributed by atoms with Crippen molar-refractivity contribution in [1.29, 1.82) is 0 Å². The summed E-state index contributed by atoms with van der Waals surface area (Å²) in [7, 11) is 0. The summed E-state index contributed by atoms with van der Waals surface area (Å²) in [5.41, 5.74) is 1.42. The number of amides is 2. The Morgan fingerprint density at radius 3 is 2.93 bits per heavy atom. The van der Waals surface area contributed by atoms with E-state index < -0.39 is 0 Å². The number of nitrogens with one attached hydrogen (secondary N) is 1. The second-order valence-electron chi connectivity index (χ2n) is 7.53. The molecular weight excluding hydrogens is 389 g/mol. The maximum absolute atomic E-state index is 13.4. The number of nitrogens with zero attached hydrogens (tertiary/aromatic N) is 4. The van der Waals surface area contributed by atoms with Gasteiger partial charge in [0.15, 0.2) is 18.2 Å². The molecule has 0 atom stereocenters. The van der Waals surface area contributed by atoms with Gasteiger partial charge in [-0.05, 0) is 43.2 Å². The van der Waals surface area contributed by atoms with Crippen LogP contribution in [0.3, 0.4) is 0 Å². The van der Waals surface area contributed by atoms with Gasteiger partial charge in [-0.1, -0.05) is 0 Å². The Kier molecular flexibility index (Phi) is 4.57. The molecule has 0 bridgehead atoms. The lowest BCUT2D eigenvalue weighted by Crippen LogP contribution is -2.48. The number of likely N-dealkylation sites (tertiary alicyclic amines) is 1. The summed E-state index contributed by atoms with van der Waals surface area (Å²) < 4.78 is 18.8. The number of ether oxygens (including phenoxy) is 1. The molecule has 0 unspecified atom stereocenters. The van der Waals surface area contributed by atoms with Crippen LogP contribution in [0, 0.1) is 5.82 Å². The van der Waals surface area contributed by atoms with Gasteiger partial charge in [-0.15, -0.1) is 0 Å². The molecule has 1 aromatic carbocycles. The lowest BCUT2D eigenvalue weighted by atomic mass is 9.96. The van der Waals surface area contributed by atoms with Gasteiger partial charge >= 0.3 is 0 Å². The van der Waals surface area contributed by atoms with E-state index in [1.807, 2.05) is 0 Å². The van der Waals surface area contributed by atoms with Crippen molar-refractivity contribution in [3.63, 3.8) is 0 Å². The number of carbonyl (C=O) groups excluding carboxylic acids is 2. The van der Waals surface area contributed by atoms with E-state index in [1.165, 1.54) is 17.0 Å². The number of aromatic nitrogens is 3. The monoisotopic (exact) mass is 409 g/mol. The van der Waals surface area contributed by atoms with Crippen LogP contribution >= 0.6 is 0 Å². The number of halogens is 1. The van der Waals surface area contributed by atoms with Crippen LogP contribution in [0.4, 0.5) is 10.2 Å². The molecule has 154 valence electrons. The van der Waals surface area contributed by atoms with E-state index in [2.05, 4.69) is 15.0 Å². The summed E-state index contributed by atoms with van der Waals surface area (Å²) in [4.78, 5) is 40.2. The molecule has 8 nitrogen and oxygen atoms in total. The normalized spacial score (nSPS) is 17.2. The molecule has 1 N–H and O–H groups in total. The molecule has 4 heterocycles. The lowest BCUT2D eigenvalue weighted by Gasteiger charge is -2.34. The smallest absolute Gasteiger partial charge is 0.266 e. The van der Waals surface area contributed by atoms with E-state index in [1.54, 1.807) is 29.3 Å². The molecule has 0 radical (unpaired) electrons. The molecule has 0 aliphatic carbocycles. The molecule has 5 rings (SSSR count). The second kappa shape index (κ2) is 7.40. The highest BCUT2D eigenvalue weighted by Gasteiger charge is 2.32. The average molecular weight is 409 g/mol. The SMILES string of the molecule is O=C(CN1C(=O)COc2cccnc21)N1CCC(c2nc3ccc(F)cc3[nH]2)CC1. The number of anilines is 1. The number of aromatic amines is 1. The zero-order chi connectivity index (χ0) is 20.7. The number of pyridine rings is 1. The Balaban J connectivity index is 1.24. The Morgan fingerprint density at radius 2 is 2.10 bits per heavy atom. The molecule has 2 aliphatic heterocycles. The van der Waals surface area contributed by atoms with E-state index in [4.69, 9.17) is 4.74 Å². The van der Waals surface area contributed by atoms with Crippen LogP contribution in [0.5, 0.6) is 5.75 Å². The molecule has 2 aromatic heterocycles. The van der Waals surface area contributed by atoms with Crippen molar-refractivity contribution in [2.45, 2.75) is 18.8 Å². The van der Waals surface area contributed by atoms with Crippen LogP contribution < -0.4 is 9.64 Å². The van der Waals surface area contributed by atoms with Gasteiger partial charge in [-0.3, -0.25) is 14.5 Å². The summed E-state index contributed by atoms with van der Waals surface area (Å²) in [6.45, 7) is 0.993. The zero-order valence-corrected chi connectivity index (χ0v) is 16.2. The standard InChI is InChI=1S/C21H20FN5O3/c22-14-3-4-15-16(10-14)25-20(24-15)13-5-8-26(9-6-13)18(28)11-27-19(29)12-30-17-2-1-7-23-21(17)27/h1-4,7,10,13H,5-6,8-9,11-12H2,(H,24,25). The van der Waals surface area contributed by atoms with Crippen LogP contribution in [-0.2, 0) is 9.59 Å². The minimum absolute atomic E-state index is 0.0548. The quantitative estimate of drug-likeness (QED) is 0.716. The summed E-state index contributed by atoms with van der Waals surface area (Å²) in [6.07, 6.45) is 3.07. The van der Waals surface area contributed by atoms with E-state index in [9.17, 15) is 14.0 Å². The molecule has 2 aliphatic rings. The molecule has 0 spiro atoms. The number of hydrogen-bond acceptors (Lipinski definition) is 5. The van der Waals surface area contributed by atoms with Crippen molar-refractivity contribution in [2.75, 3.05) is 31.1 Å². The number of fused-ring (bicyclic) bond motifs is 2. The largest absolute Gasteiger partial charge is 0.480 e. The van der Waals surface area contributed by atoms with Gasteiger partial charge in [0.1, 0.15) is 18.2 Å². The summed E-state index contributed by atoms with van der Waals surface area (Å²) in [5.74, 6) is 1.19. The number of H-pyrrole nitrogens is 1. The van der Waals surface area contributed by atoms with Crippen molar-refractivity contribution in [3.05, 3.63) is 48.2 Å². The Morgan fingerprint density at radius 1 is 1.27 bits per heavy atom. The van der Waals surface area contributed by atoms with Crippen molar-refractivity contribution < 1.29 is 18.7 Å². The Labute approximate surface area is 171 Å². The molecule has 2 amide bonds. The van der Waals surface area contributed by atoms with E-state index >= 15 is 0 Å². The first-order chi connectivity index (χ1) is 14.6. The number of carbonyl (C=O) groups is 2. The topological polar surface area (TPSA) is 91.4 Å². The van der Waals surface area contributed by atoms with Crippen LogP contribution in [0.15, 0.2) is 36.5 Å². The van der Waals surface area contributed by atoms with Crippen LogP contribution in [-0.4, -0.2) is 57.9 Å². The summed E-state index contributed by atoms with van der Waals surface area (Å²) >= 11 is 0. The third-order valence-electron chi connectivity index (χ3n) is 5.65. The molecule has 1 saturated heterocycles. The van der Waals surface area contributed by atoms with Gasteiger partial charge in [0.05, 0.1) is 11.0 Å². The molecule has 0 saturated carbocycles. The van der Waals surface area contributed by atoms with Gasteiger partial charge in [-0.2, -0.15) is 0 Å². The Bertz CT molecular complexity index is 1120. The highest BCUT2D eigenvalue weighted by Crippen LogP contribution is 2.30. The maximum atomic E-state index is 13.4. The van der Waals surface area contributed by atoms with Gasteiger partial charge in [-0.25, -0.2) is 14.4 Å². The maximum Gasteiger partial charge on any atom is 0.266 e. The second-order valence-corrected chi connectivity index (χ2v) is 7.53. The highest BCUT2D eigenvalue weighted by molar-refractivity contribution is 6.01. The number of piperidine rings is 1. The Hall–Kier alpha value is -3.49. The van der Waals surface area contributed by atoms with E-state index in [0.717, 1.165) is 24.2 Å². The number of rotatable bonds is 3. The summed E-state index contributed by atoms with van der Waals surface area (Å²) in [5, 5.41) is 0. The van der Waals surface area contributed by atoms with Crippen LogP contribution in [0.25, 0.3) is 11.0 Å².